The van der Waals surface area contributed by atoms with Crippen molar-refractivity contribution in [2.45, 2.75) is 85.1 Å². The Hall–Kier alpha value is -2.87. The first-order valence-corrected chi connectivity index (χ1v) is 47.8. The first kappa shape index (κ1) is 54.5. The van der Waals surface area contributed by atoms with E-state index < -0.39 is 87.3 Å². The summed E-state index contributed by atoms with van der Waals surface area (Å²) in [5.41, 5.74) is 0. The Labute approximate surface area is 419 Å². The van der Waals surface area contributed by atoms with Gasteiger partial charge >= 0.3 is 62.3 Å². The summed E-state index contributed by atoms with van der Waals surface area (Å²) < 4.78 is 66.9. The van der Waals surface area contributed by atoms with Gasteiger partial charge in [-0.1, -0.05) is 182 Å². The van der Waals surface area contributed by atoms with Gasteiger partial charge in [-0.05, 0) is 110 Å². The molecule has 362 valence electrons. The molecule has 0 radical (unpaired) electrons. The lowest BCUT2D eigenvalue weighted by Gasteiger charge is -2.43. The van der Waals surface area contributed by atoms with E-state index in [1.165, 1.54) is 0 Å². The lowest BCUT2D eigenvalue weighted by Crippen LogP contribution is -2.71. The molecular weight excluding hydrogens is 1010 g/mol. The van der Waals surface area contributed by atoms with Crippen molar-refractivity contribution in [3.05, 3.63) is 182 Å². The Kier molecular flexibility index (Phi) is 18.5. The Morgan fingerprint density at radius 3 is 0.559 bits per heavy atom. The minimum absolute atomic E-state index is 1.02. The summed E-state index contributed by atoms with van der Waals surface area (Å²) in [6.45, 7) is 28.2. The average molecular weight is 1090 g/mol. The maximum atomic E-state index is 7.53. The van der Waals surface area contributed by atoms with Gasteiger partial charge in [-0.15, -0.1) is 0 Å². The minimum Gasteiger partial charge on any atom is -0.430 e. The zero-order valence-electron chi connectivity index (χ0n) is 42.2. The van der Waals surface area contributed by atoms with Crippen molar-refractivity contribution in [2.24, 2.45) is 0 Å². The second-order valence-electron chi connectivity index (χ2n) is 20.0. The van der Waals surface area contributed by atoms with Gasteiger partial charge in [0.15, 0.2) is 25.0 Å². The number of hydrogen-bond donors (Lipinski definition) is 0. The molecule has 19 heteroatoms. The summed E-state index contributed by atoms with van der Waals surface area (Å²) in [5, 5.41) is 6.13. The lowest BCUT2D eigenvalue weighted by atomic mass is 10.4. The highest BCUT2D eigenvalue weighted by atomic mass is 28.5. The quantitative estimate of drug-likeness (QED) is 0.0572. The molecule has 9 nitrogen and oxygen atoms in total. The van der Waals surface area contributed by atoms with Crippen molar-refractivity contribution in [3.8, 4) is 0 Å². The normalized spacial score (nSPS) is 15.3. The summed E-state index contributed by atoms with van der Waals surface area (Å²) in [6.07, 6.45) is 0. The van der Waals surface area contributed by atoms with Crippen molar-refractivity contribution in [1.82, 2.24) is 0 Å². The molecule has 6 rings (SSSR count). The summed E-state index contributed by atoms with van der Waals surface area (Å²) >= 11 is 0. The topological polar surface area (TPSA) is 83.1 Å². The molecule has 0 amide bonds. The third-order valence-corrected chi connectivity index (χ3v) is 44.9. The first-order valence-electron chi connectivity index (χ1n) is 23.6. The zero-order valence-corrected chi connectivity index (χ0v) is 52.7. The highest BCUT2D eigenvalue weighted by Gasteiger charge is 2.54. The van der Waals surface area contributed by atoms with Gasteiger partial charge in [0.25, 0.3) is 0 Å². The van der Waals surface area contributed by atoms with Gasteiger partial charge in [0.05, 0.1) is 0 Å². The van der Waals surface area contributed by atoms with Crippen molar-refractivity contribution in [1.29, 1.82) is 0 Å². The maximum absolute atomic E-state index is 7.53. The molecule has 0 saturated carbocycles. The third kappa shape index (κ3) is 14.6. The highest BCUT2D eigenvalue weighted by molar-refractivity contribution is 7.03. The molecule has 3 atom stereocenters. The van der Waals surface area contributed by atoms with E-state index in [0.29, 0.717) is 0 Å². The molecule has 0 bridgehead atoms. The smallest absolute Gasteiger partial charge is 0.430 e. The molecule has 0 aliphatic carbocycles. The van der Waals surface area contributed by atoms with Crippen LogP contribution in [0.25, 0.3) is 0 Å². The third-order valence-electron chi connectivity index (χ3n) is 10.4. The molecule has 0 saturated heterocycles. The Bertz CT molecular complexity index is 2040. The van der Waals surface area contributed by atoms with Crippen LogP contribution in [0.3, 0.4) is 0 Å². The van der Waals surface area contributed by atoms with Gasteiger partial charge in [0.2, 0.25) is 0 Å². The van der Waals surface area contributed by atoms with Crippen molar-refractivity contribution >= 4 is 118 Å². The molecule has 0 N–H and O–H groups in total. The van der Waals surface area contributed by atoms with Crippen LogP contribution in [0.15, 0.2) is 182 Å². The minimum atomic E-state index is -3.78. The average Bonchev–Trinajstić information content (AvgIpc) is 3.28. The fourth-order valence-electron chi connectivity index (χ4n) is 8.33. The monoisotopic (exact) mass is 1080 g/mol. The van der Waals surface area contributed by atoms with Gasteiger partial charge in [-0.2, -0.15) is 0 Å². The van der Waals surface area contributed by atoms with Crippen LogP contribution in [-0.4, -0.2) is 87.3 Å². The van der Waals surface area contributed by atoms with Crippen LogP contribution < -0.4 is 31.1 Å². The standard InChI is InChI=1S/C49H72O9Si10/c1-59(53-66(56-62(4,5)6,44-32-20-14-21-33-44)45-34-22-15-23-35-45)50-65(13,51-60(2)54-67(57-63(7,8)9,46-36-24-16-25-37-46)47-38-26-17-27-39-47)52-61(3)55-68(58-64(10,11)12,48-40-28-18-29-41-48)49-42-30-19-31-43-49/h14-43,59-61H,1-13H3. The molecule has 0 fully saturated rings. The fourth-order valence-corrected chi connectivity index (χ4v) is 48.3. The van der Waals surface area contributed by atoms with Crippen molar-refractivity contribution < 1.29 is 37.0 Å². The predicted molar refractivity (Wildman–Crippen MR) is 304 cm³/mol. The second-order valence-corrected chi connectivity index (χ2v) is 53.0. The van der Waals surface area contributed by atoms with E-state index in [0.717, 1.165) is 31.1 Å². The molecule has 0 aromatic heterocycles. The van der Waals surface area contributed by atoms with E-state index in [-0.39, 0.29) is 0 Å². The zero-order chi connectivity index (χ0) is 49.3. The Balaban J connectivity index is 1.46. The van der Waals surface area contributed by atoms with E-state index in [2.05, 4.69) is 224 Å². The molecule has 6 aromatic rings. The van der Waals surface area contributed by atoms with Crippen LogP contribution in [0.2, 0.25) is 85.1 Å². The SMILES string of the molecule is C[SiH](O[Si](C)(O[SiH](C)O[Si](O[Si](C)(C)C)(c1ccccc1)c1ccccc1)O[SiH](C)O[Si](O[Si](C)(C)C)(c1ccccc1)c1ccccc1)O[Si](O[Si](C)(C)C)(c1ccccc1)c1ccccc1. The maximum Gasteiger partial charge on any atom is 0.470 e. The molecule has 0 spiro atoms. The van der Waals surface area contributed by atoms with Crippen LogP contribution in [0.1, 0.15) is 0 Å². The lowest BCUT2D eigenvalue weighted by molar-refractivity contribution is 0.213. The molecule has 68 heavy (non-hydrogen) atoms. The van der Waals surface area contributed by atoms with Gasteiger partial charge in [-0.25, -0.2) is 0 Å². The van der Waals surface area contributed by atoms with E-state index in [1.807, 2.05) is 42.9 Å². The Morgan fingerprint density at radius 2 is 0.412 bits per heavy atom. The van der Waals surface area contributed by atoms with Gasteiger partial charge in [0.1, 0.15) is 0 Å². The highest BCUT2D eigenvalue weighted by Crippen LogP contribution is 2.26. The largest absolute Gasteiger partial charge is 0.470 e. The number of benzene rings is 6. The molecule has 3 unspecified atom stereocenters. The van der Waals surface area contributed by atoms with E-state index >= 15 is 0 Å². The van der Waals surface area contributed by atoms with Crippen LogP contribution >= 0.6 is 0 Å². The van der Waals surface area contributed by atoms with Gasteiger partial charge < -0.3 is 37.0 Å². The van der Waals surface area contributed by atoms with Crippen LogP contribution in [-0.2, 0) is 37.0 Å². The van der Waals surface area contributed by atoms with E-state index in [4.69, 9.17) is 37.0 Å². The van der Waals surface area contributed by atoms with Crippen LogP contribution in [0.4, 0.5) is 0 Å². The molecule has 0 heterocycles. The van der Waals surface area contributed by atoms with Gasteiger partial charge in [-0.3, -0.25) is 0 Å². The molecular formula is C49H72O9Si10. The van der Waals surface area contributed by atoms with Crippen LogP contribution in [0.5, 0.6) is 0 Å². The molecule has 0 aliphatic heterocycles. The summed E-state index contributed by atoms with van der Waals surface area (Å²) in [4.78, 5) is 0. The predicted octanol–water partition coefficient (Wildman–Crippen LogP) is 7.53. The fraction of sp³-hybridized carbons (Fsp3) is 0.265. The van der Waals surface area contributed by atoms with Crippen LogP contribution in [0, 0.1) is 0 Å². The number of hydrogen-bond acceptors (Lipinski definition) is 9. The first-order chi connectivity index (χ1) is 32.1. The summed E-state index contributed by atoms with van der Waals surface area (Å²) in [7, 11) is -28.9. The summed E-state index contributed by atoms with van der Waals surface area (Å²) in [6, 6.07) is 62.4. The Morgan fingerprint density at radius 1 is 0.250 bits per heavy atom. The van der Waals surface area contributed by atoms with E-state index in [1.54, 1.807) is 0 Å². The summed E-state index contributed by atoms with van der Waals surface area (Å²) in [5.74, 6) is 0. The second kappa shape index (κ2) is 23.1. The van der Waals surface area contributed by atoms with Crippen molar-refractivity contribution in [2.75, 3.05) is 0 Å². The molecule has 6 aromatic carbocycles. The number of rotatable bonds is 24. The van der Waals surface area contributed by atoms with Gasteiger partial charge in [0, 0.05) is 6.55 Å². The van der Waals surface area contributed by atoms with E-state index in [9.17, 15) is 0 Å². The molecule has 0 aliphatic rings. The van der Waals surface area contributed by atoms with Crippen molar-refractivity contribution in [3.63, 3.8) is 0 Å².